The number of aliphatic hydroxyl groups excluding tert-OH is 2. The third kappa shape index (κ3) is 13.0. The van der Waals surface area contributed by atoms with E-state index < -0.39 is 12.2 Å². The fraction of sp³-hybridized carbons (Fsp3) is 0.214. The van der Waals surface area contributed by atoms with E-state index in [4.69, 9.17) is 15.2 Å². The molecule has 8 rings (SSSR count). The molecule has 0 fully saturated rings. The maximum atomic E-state index is 13.1. The SMILES string of the molecule is C.CCC(C(=O)Cc1ccc2cnccc2c1)c1ccc(OCC(O)c2ccccc2)cc1.NCC(C(=O)Cc1ccc2cnccc2c1)c1ccc(OCC(O)c2ccccc2)cc1. The fourth-order valence-electron chi connectivity index (χ4n) is 7.72. The van der Waals surface area contributed by atoms with Crippen LogP contribution in [0.2, 0.25) is 0 Å². The molecular weight excluding hydrogens is 811 g/mol. The van der Waals surface area contributed by atoms with Gasteiger partial charge in [0.25, 0.3) is 0 Å². The maximum Gasteiger partial charge on any atom is 0.145 e. The summed E-state index contributed by atoms with van der Waals surface area (Å²) in [7, 11) is 0. The van der Waals surface area contributed by atoms with Crippen molar-refractivity contribution >= 4 is 33.1 Å². The van der Waals surface area contributed by atoms with Gasteiger partial charge in [-0.05, 0) is 87.0 Å². The summed E-state index contributed by atoms with van der Waals surface area (Å²) in [5.74, 6) is 1.05. The van der Waals surface area contributed by atoms with Crippen LogP contribution in [0.3, 0.4) is 0 Å². The van der Waals surface area contributed by atoms with Gasteiger partial charge in [0.2, 0.25) is 0 Å². The summed E-state index contributed by atoms with van der Waals surface area (Å²) < 4.78 is 11.5. The molecule has 0 saturated heterocycles. The van der Waals surface area contributed by atoms with Crippen molar-refractivity contribution in [1.82, 2.24) is 9.97 Å². The number of aliphatic hydroxyl groups is 2. The molecule has 0 bridgehead atoms. The van der Waals surface area contributed by atoms with Gasteiger partial charge in [-0.2, -0.15) is 0 Å². The number of Topliss-reactive ketones (excluding diaryl/α,β-unsaturated/α-hetero) is 2. The Labute approximate surface area is 381 Å². The molecule has 2 aromatic heterocycles. The quantitative estimate of drug-likeness (QED) is 0.0767. The molecule has 6 aromatic carbocycles. The first-order chi connectivity index (χ1) is 31.3. The van der Waals surface area contributed by atoms with E-state index in [2.05, 4.69) is 16.0 Å². The minimum atomic E-state index is -0.702. The second-order valence-corrected chi connectivity index (χ2v) is 15.8. The second kappa shape index (κ2) is 23.6. The van der Waals surface area contributed by atoms with Crippen LogP contribution in [0.25, 0.3) is 21.5 Å². The van der Waals surface area contributed by atoms with Crippen LogP contribution < -0.4 is 15.2 Å². The van der Waals surface area contributed by atoms with Gasteiger partial charge in [-0.3, -0.25) is 19.6 Å². The molecule has 9 heteroatoms. The van der Waals surface area contributed by atoms with Crippen molar-refractivity contribution in [3.05, 3.63) is 216 Å². The van der Waals surface area contributed by atoms with Crippen LogP contribution in [0.5, 0.6) is 11.5 Å². The Morgan fingerprint density at radius 1 is 0.523 bits per heavy atom. The highest BCUT2D eigenvalue weighted by molar-refractivity contribution is 5.90. The first-order valence-corrected chi connectivity index (χ1v) is 21.6. The van der Waals surface area contributed by atoms with Gasteiger partial charge >= 0.3 is 0 Å². The Morgan fingerprint density at radius 3 is 1.35 bits per heavy atom. The van der Waals surface area contributed by atoms with Gasteiger partial charge in [0.15, 0.2) is 0 Å². The van der Waals surface area contributed by atoms with Crippen molar-refractivity contribution in [3.8, 4) is 11.5 Å². The lowest BCUT2D eigenvalue weighted by Crippen LogP contribution is -2.23. The van der Waals surface area contributed by atoms with Crippen molar-refractivity contribution in [2.45, 2.75) is 57.7 Å². The number of fused-ring (bicyclic) bond motifs is 2. The highest BCUT2D eigenvalue weighted by Crippen LogP contribution is 2.27. The number of aromatic nitrogens is 2. The molecule has 65 heavy (non-hydrogen) atoms. The van der Waals surface area contributed by atoms with E-state index in [1.807, 2.05) is 171 Å². The molecule has 0 aliphatic carbocycles. The van der Waals surface area contributed by atoms with Gasteiger partial charge in [-0.15, -0.1) is 0 Å². The Balaban J connectivity index is 0.000000212. The topological polar surface area (TPSA) is 145 Å². The van der Waals surface area contributed by atoms with Crippen molar-refractivity contribution in [1.29, 1.82) is 0 Å². The summed E-state index contributed by atoms with van der Waals surface area (Å²) in [5.41, 5.74) is 11.4. The number of ether oxygens (including phenoxy) is 2. The molecule has 0 amide bonds. The van der Waals surface area contributed by atoms with Gasteiger partial charge in [-0.25, -0.2) is 0 Å². The molecule has 8 aromatic rings. The Kier molecular flexibility index (Phi) is 17.2. The minimum Gasteiger partial charge on any atom is -0.491 e. The van der Waals surface area contributed by atoms with E-state index in [1.54, 1.807) is 12.4 Å². The van der Waals surface area contributed by atoms with Gasteiger partial charge < -0.3 is 25.4 Å². The lowest BCUT2D eigenvalue weighted by molar-refractivity contribution is -0.120. The van der Waals surface area contributed by atoms with Crippen LogP contribution in [-0.2, 0) is 22.4 Å². The summed E-state index contributed by atoms with van der Waals surface area (Å²) in [6.45, 7) is 2.61. The monoisotopic (exact) mass is 867 g/mol. The summed E-state index contributed by atoms with van der Waals surface area (Å²) in [6.07, 6.45) is 7.24. The number of ketones is 2. The molecule has 4 atom stereocenters. The Hall–Kier alpha value is -7.04. The Morgan fingerprint density at radius 2 is 0.938 bits per heavy atom. The van der Waals surface area contributed by atoms with Crippen LogP contribution in [-0.4, -0.2) is 51.5 Å². The summed E-state index contributed by atoms with van der Waals surface area (Å²) >= 11 is 0. The molecular formula is C56H57N3O6. The normalized spacial score (nSPS) is 12.7. The number of carbonyl (C=O) groups is 2. The van der Waals surface area contributed by atoms with Crippen LogP contribution in [0.15, 0.2) is 183 Å². The minimum absolute atomic E-state index is 0. The first-order valence-electron chi connectivity index (χ1n) is 21.6. The van der Waals surface area contributed by atoms with Gasteiger partial charge in [0.1, 0.15) is 48.5 Å². The predicted octanol–water partition coefficient (Wildman–Crippen LogP) is 10.5. The number of hydrogen-bond acceptors (Lipinski definition) is 9. The molecule has 2 heterocycles. The number of benzene rings is 6. The number of carbonyl (C=O) groups excluding carboxylic acids is 2. The highest BCUT2D eigenvalue weighted by Gasteiger charge is 2.21. The number of rotatable bonds is 18. The van der Waals surface area contributed by atoms with E-state index in [0.29, 0.717) is 24.3 Å². The number of pyridine rings is 2. The smallest absolute Gasteiger partial charge is 0.145 e. The van der Waals surface area contributed by atoms with Crippen LogP contribution in [0.1, 0.15) is 78.2 Å². The zero-order valence-electron chi connectivity index (χ0n) is 35.9. The van der Waals surface area contributed by atoms with Crippen molar-refractivity contribution < 1.29 is 29.3 Å². The zero-order chi connectivity index (χ0) is 44.7. The number of nitrogens with two attached hydrogens (primary N) is 1. The van der Waals surface area contributed by atoms with E-state index in [1.165, 1.54) is 0 Å². The molecule has 332 valence electrons. The van der Waals surface area contributed by atoms with Crippen LogP contribution >= 0.6 is 0 Å². The third-order valence-electron chi connectivity index (χ3n) is 11.3. The molecule has 4 N–H and O–H groups in total. The van der Waals surface area contributed by atoms with Gasteiger partial charge in [-0.1, -0.05) is 136 Å². The summed E-state index contributed by atoms with van der Waals surface area (Å²) in [4.78, 5) is 34.3. The van der Waals surface area contributed by atoms with Crippen molar-refractivity contribution in [2.75, 3.05) is 19.8 Å². The van der Waals surface area contributed by atoms with E-state index in [0.717, 1.165) is 61.3 Å². The molecule has 0 saturated carbocycles. The van der Waals surface area contributed by atoms with Gasteiger partial charge in [0.05, 0.1) is 5.92 Å². The summed E-state index contributed by atoms with van der Waals surface area (Å²) in [5, 5.41) is 24.8. The van der Waals surface area contributed by atoms with Crippen LogP contribution in [0, 0.1) is 0 Å². The number of hydrogen-bond donors (Lipinski definition) is 3. The lowest BCUT2D eigenvalue weighted by Gasteiger charge is -2.16. The van der Waals surface area contributed by atoms with Crippen molar-refractivity contribution in [2.24, 2.45) is 5.73 Å². The largest absolute Gasteiger partial charge is 0.491 e. The average Bonchev–Trinajstić information content (AvgIpc) is 3.34. The zero-order valence-corrected chi connectivity index (χ0v) is 35.9. The third-order valence-corrected chi connectivity index (χ3v) is 11.3. The standard InChI is InChI=1S/C28H27NO3.C27H26N2O3.CH4/c1-2-26(27(30)17-20-8-9-24-18-29-15-14-23(24)16-20)21-10-12-25(13-11-21)32-19-28(31)22-6-4-3-5-7-22;28-16-25(26(30)15-19-6-7-23-17-29-13-12-22(23)14-19)20-8-10-24(11-9-20)32-18-27(31)21-4-2-1-3-5-21;/h3-16,18,26,28,31H,2,17,19H2,1H3;1-14,17,25,27,31H,15-16,18,28H2;1H4. The first kappa shape index (κ1) is 47.4. The van der Waals surface area contributed by atoms with Gasteiger partial charge in [0, 0.05) is 60.9 Å². The van der Waals surface area contributed by atoms with Crippen molar-refractivity contribution in [3.63, 3.8) is 0 Å². The lowest BCUT2D eigenvalue weighted by atomic mass is 9.88. The van der Waals surface area contributed by atoms with E-state index >= 15 is 0 Å². The Bertz CT molecular complexity index is 2540. The van der Waals surface area contributed by atoms with E-state index in [-0.39, 0.29) is 50.6 Å². The molecule has 0 aliphatic heterocycles. The fourth-order valence-corrected chi connectivity index (χ4v) is 7.72. The number of nitrogens with zero attached hydrogens (tertiary/aromatic N) is 2. The predicted molar refractivity (Wildman–Crippen MR) is 259 cm³/mol. The maximum absolute atomic E-state index is 13.1. The molecule has 9 nitrogen and oxygen atoms in total. The van der Waals surface area contributed by atoms with E-state index in [9.17, 15) is 19.8 Å². The molecule has 0 radical (unpaired) electrons. The molecule has 0 spiro atoms. The molecule has 4 unspecified atom stereocenters. The molecule has 0 aliphatic rings. The second-order valence-electron chi connectivity index (χ2n) is 15.8. The summed E-state index contributed by atoms with van der Waals surface area (Å²) in [6, 6.07) is 49.8. The van der Waals surface area contributed by atoms with Crippen LogP contribution in [0.4, 0.5) is 0 Å². The highest BCUT2D eigenvalue weighted by atomic mass is 16.5. The average molecular weight is 868 g/mol.